The molecule has 1 fully saturated rings. The molecule has 0 N–H and O–H groups in total. The van der Waals surface area contributed by atoms with Crippen molar-refractivity contribution in [2.75, 3.05) is 29.2 Å². The monoisotopic (exact) mass is 394 g/mol. The van der Waals surface area contributed by atoms with Crippen LogP contribution in [0.15, 0.2) is 35.5 Å². The quantitative estimate of drug-likeness (QED) is 0.691. The van der Waals surface area contributed by atoms with E-state index >= 15 is 0 Å². The molecule has 0 unspecified atom stereocenters. The van der Waals surface area contributed by atoms with E-state index in [0.717, 1.165) is 11.5 Å². The first-order chi connectivity index (χ1) is 12.4. The lowest BCUT2D eigenvalue weighted by atomic mass is 10.1. The fourth-order valence-corrected chi connectivity index (χ4v) is 5.66. The summed E-state index contributed by atoms with van der Waals surface area (Å²) in [6.07, 6.45) is 1.28. The highest BCUT2D eigenvalue weighted by atomic mass is 32.2. The van der Waals surface area contributed by atoms with Crippen molar-refractivity contribution in [3.8, 4) is 0 Å². The molecule has 1 amide bonds. The number of aromatic nitrogens is 3. The zero-order valence-electron chi connectivity index (χ0n) is 14.8. The first-order valence-corrected chi connectivity index (χ1v) is 11.2. The molecule has 1 aromatic carbocycles. The Labute approximate surface area is 157 Å². The van der Waals surface area contributed by atoms with Crippen molar-refractivity contribution in [1.82, 2.24) is 14.8 Å². The van der Waals surface area contributed by atoms with Crippen LogP contribution in [0.5, 0.6) is 0 Å². The van der Waals surface area contributed by atoms with Gasteiger partial charge in [-0.25, -0.2) is 8.42 Å². The number of nitrogens with zero attached hydrogens (tertiary/aromatic N) is 4. The van der Waals surface area contributed by atoms with Crippen molar-refractivity contribution in [2.24, 2.45) is 13.0 Å². The van der Waals surface area contributed by atoms with Crippen LogP contribution in [0.1, 0.15) is 12.2 Å². The zero-order valence-corrected chi connectivity index (χ0v) is 16.5. The van der Waals surface area contributed by atoms with Crippen molar-refractivity contribution in [3.63, 3.8) is 0 Å². The second-order valence-corrected chi connectivity index (χ2v) is 9.68. The Hall–Kier alpha value is -1.87. The summed E-state index contributed by atoms with van der Waals surface area (Å²) in [7, 11) is 0.713. The molecule has 0 aliphatic carbocycles. The minimum absolute atomic E-state index is 0.0207. The fraction of sp³-hybridized carbons (Fsp3) is 0.471. The second-order valence-electron chi connectivity index (χ2n) is 6.51. The number of benzene rings is 1. The first kappa shape index (κ1) is 18.9. The van der Waals surface area contributed by atoms with E-state index in [0.29, 0.717) is 18.0 Å². The highest BCUT2D eigenvalue weighted by Gasteiger charge is 2.29. The van der Waals surface area contributed by atoms with Crippen LogP contribution in [0, 0.1) is 5.92 Å². The highest BCUT2D eigenvalue weighted by Crippen LogP contribution is 2.24. The minimum atomic E-state index is -2.89. The van der Waals surface area contributed by atoms with Crippen LogP contribution >= 0.6 is 11.8 Å². The van der Waals surface area contributed by atoms with E-state index in [1.165, 1.54) is 11.8 Å². The number of carbonyl (C=O) groups is 1. The summed E-state index contributed by atoms with van der Waals surface area (Å²) in [6, 6.07) is 9.47. The molecule has 0 radical (unpaired) electrons. The SMILES string of the molecule is CN(C(=O)CSc1nnc(C[C@H]2CCS(=O)(=O)C2)n1C)c1ccccc1. The van der Waals surface area contributed by atoms with Crippen LogP contribution in [0.4, 0.5) is 5.69 Å². The number of rotatable bonds is 6. The number of hydrogen-bond acceptors (Lipinski definition) is 6. The Morgan fingerprint density at radius 3 is 2.69 bits per heavy atom. The molecule has 1 saturated heterocycles. The topological polar surface area (TPSA) is 85.2 Å². The normalized spacial score (nSPS) is 18.8. The molecule has 0 saturated carbocycles. The summed E-state index contributed by atoms with van der Waals surface area (Å²) in [5, 5.41) is 9.00. The average molecular weight is 395 g/mol. The van der Waals surface area contributed by atoms with Crippen LogP contribution in [0.25, 0.3) is 0 Å². The molecule has 3 rings (SSSR count). The van der Waals surface area contributed by atoms with Crippen LogP contribution in [0.2, 0.25) is 0 Å². The number of anilines is 1. The van der Waals surface area contributed by atoms with Crippen LogP contribution in [0.3, 0.4) is 0 Å². The van der Waals surface area contributed by atoms with E-state index in [2.05, 4.69) is 10.2 Å². The molecule has 26 heavy (non-hydrogen) atoms. The molecule has 0 bridgehead atoms. The Morgan fingerprint density at radius 2 is 2.04 bits per heavy atom. The lowest BCUT2D eigenvalue weighted by Gasteiger charge is -2.16. The van der Waals surface area contributed by atoms with Gasteiger partial charge in [0.25, 0.3) is 0 Å². The van der Waals surface area contributed by atoms with Gasteiger partial charge in [0.05, 0.1) is 17.3 Å². The van der Waals surface area contributed by atoms with Crippen LogP contribution in [-0.2, 0) is 28.1 Å². The molecule has 2 heterocycles. The van der Waals surface area contributed by atoms with Crippen LogP contribution < -0.4 is 4.90 Å². The number of hydrogen-bond donors (Lipinski definition) is 0. The zero-order chi connectivity index (χ0) is 18.7. The van der Waals surface area contributed by atoms with Crippen molar-refractivity contribution < 1.29 is 13.2 Å². The summed E-state index contributed by atoms with van der Waals surface area (Å²) in [6.45, 7) is 0. The fourth-order valence-electron chi connectivity index (χ4n) is 2.96. The summed E-state index contributed by atoms with van der Waals surface area (Å²) in [5.74, 6) is 1.59. The molecular weight excluding hydrogens is 372 g/mol. The maximum absolute atomic E-state index is 12.4. The smallest absolute Gasteiger partial charge is 0.237 e. The van der Waals surface area contributed by atoms with Gasteiger partial charge in [-0.3, -0.25) is 4.79 Å². The predicted molar refractivity (Wildman–Crippen MR) is 102 cm³/mol. The van der Waals surface area contributed by atoms with E-state index in [4.69, 9.17) is 0 Å². The summed E-state index contributed by atoms with van der Waals surface area (Å²) < 4.78 is 25.0. The van der Waals surface area contributed by atoms with Crippen molar-refractivity contribution in [1.29, 1.82) is 0 Å². The van der Waals surface area contributed by atoms with Crippen molar-refractivity contribution in [2.45, 2.75) is 18.0 Å². The largest absolute Gasteiger partial charge is 0.315 e. The Bertz CT molecular complexity index is 881. The third-order valence-electron chi connectivity index (χ3n) is 4.57. The molecule has 9 heteroatoms. The third-order valence-corrected chi connectivity index (χ3v) is 7.41. The summed E-state index contributed by atoms with van der Waals surface area (Å²) in [5.41, 5.74) is 0.846. The third kappa shape index (κ3) is 4.45. The van der Waals surface area contributed by atoms with E-state index in [9.17, 15) is 13.2 Å². The van der Waals surface area contributed by atoms with Gasteiger partial charge in [0, 0.05) is 26.2 Å². The highest BCUT2D eigenvalue weighted by molar-refractivity contribution is 7.99. The van der Waals surface area contributed by atoms with E-state index in [1.807, 2.05) is 41.9 Å². The second kappa shape index (κ2) is 7.79. The van der Waals surface area contributed by atoms with Gasteiger partial charge in [0.2, 0.25) is 5.91 Å². The maximum atomic E-state index is 12.4. The number of amides is 1. The molecule has 1 aromatic heterocycles. The lowest BCUT2D eigenvalue weighted by molar-refractivity contribution is -0.115. The number of thioether (sulfide) groups is 1. The predicted octanol–water partition coefficient (Wildman–Crippen LogP) is 1.55. The molecule has 140 valence electrons. The van der Waals surface area contributed by atoms with Gasteiger partial charge in [-0.2, -0.15) is 0 Å². The van der Waals surface area contributed by atoms with Gasteiger partial charge in [0.1, 0.15) is 5.82 Å². The summed E-state index contributed by atoms with van der Waals surface area (Å²) in [4.78, 5) is 14.0. The average Bonchev–Trinajstić information content (AvgIpc) is 3.15. The van der Waals surface area contributed by atoms with Gasteiger partial charge >= 0.3 is 0 Å². The maximum Gasteiger partial charge on any atom is 0.237 e. The van der Waals surface area contributed by atoms with Gasteiger partial charge in [-0.1, -0.05) is 30.0 Å². The van der Waals surface area contributed by atoms with E-state index in [1.54, 1.807) is 11.9 Å². The van der Waals surface area contributed by atoms with E-state index in [-0.39, 0.29) is 29.1 Å². The number of sulfone groups is 1. The number of para-hydroxylation sites is 1. The molecule has 2 aromatic rings. The van der Waals surface area contributed by atoms with Gasteiger partial charge in [-0.05, 0) is 24.5 Å². The van der Waals surface area contributed by atoms with Crippen molar-refractivity contribution in [3.05, 3.63) is 36.2 Å². The lowest BCUT2D eigenvalue weighted by Crippen LogP contribution is -2.27. The Balaban J connectivity index is 1.57. The Morgan fingerprint density at radius 1 is 1.31 bits per heavy atom. The Kier molecular flexibility index (Phi) is 5.67. The van der Waals surface area contributed by atoms with Gasteiger partial charge < -0.3 is 9.47 Å². The molecule has 7 nitrogen and oxygen atoms in total. The minimum Gasteiger partial charge on any atom is -0.315 e. The molecule has 0 spiro atoms. The van der Waals surface area contributed by atoms with Gasteiger partial charge in [-0.15, -0.1) is 10.2 Å². The summed E-state index contributed by atoms with van der Waals surface area (Å²) >= 11 is 1.34. The molecule has 1 atom stereocenters. The van der Waals surface area contributed by atoms with Crippen molar-refractivity contribution >= 4 is 33.2 Å². The number of carbonyl (C=O) groups excluding carboxylic acids is 1. The molecule has 1 aliphatic heterocycles. The molecular formula is C17H22N4O3S2. The van der Waals surface area contributed by atoms with Crippen LogP contribution in [-0.4, -0.2) is 53.4 Å². The molecule has 1 aliphatic rings. The van der Waals surface area contributed by atoms with E-state index < -0.39 is 9.84 Å². The first-order valence-electron chi connectivity index (χ1n) is 8.39. The van der Waals surface area contributed by atoms with Gasteiger partial charge in [0.15, 0.2) is 15.0 Å². The standard InChI is InChI=1S/C17H22N4O3S2/c1-20(14-6-4-3-5-7-14)16(22)11-25-17-19-18-15(21(17)2)10-13-8-9-26(23,24)12-13/h3-7,13H,8-12H2,1-2H3/t13-/m1/s1.